The minimum absolute atomic E-state index is 0. The Morgan fingerprint density at radius 3 is 2.85 bits per heavy atom. The monoisotopic (exact) mass is 419 g/mol. The summed E-state index contributed by atoms with van der Waals surface area (Å²) in [6.07, 6.45) is 1.91. The smallest absolute Gasteiger partial charge is 0.254 e. The van der Waals surface area contributed by atoms with Gasteiger partial charge >= 0.3 is 0 Å². The van der Waals surface area contributed by atoms with Crippen molar-refractivity contribution in [2.75, 3.05) is 20.2 Å². The Morgan fingerprint density at radius 1 is 1.38 bits per heavy atom. The van der Waals surface area contributed by atoms with Crippen molar-refractivity contribution in [3.63, 3.8) is 0 Å². The van der Waals surface area contributed by atoms with Crippen molar-refractivity contribution in [1.29, 1.82) is 0 Å². The van der Waals surface area contributed by atoms with E-state index in [0.717, 1.165) is 25.1 Å². The average Bonchev–Trinajstić information content (AvgIpc) is 3.12. The molecule has 2 heterocycles. The zero-order valence-corrected chi connectivity index (χ0v) is 16.9. The van der Waals surface area contributed by atoms with Crippen LogP contribution < -0.4 is 15.2 Å². The number of rotatable bonds is 5. The van der Waals surface area contributed by atoms with E-state index in [0.29, 0.717) is 30.2 Å². The van der Waals surface area contributed by atoms with E-state index in [4.69, 9.17) is 15.2 Å². The fourth-order valence-electron chi connectivity index (χ4n) is 2.76. The molecule has 26 heavy (non-hydrogen) atoms. The highest BCUT2D eigenvalue weighted by molar-refractivity contribution is 7.07. The number of nitrogens with zero attached hydrogens (tertiary/aromatic N) is 2. The van der Waals surface area contributed by atoms with Crippen LogP contribution in [0.1, 0.15) is 28.9 Å². The van der Waals surface area contributed by atoms with E-state index in [1.54, 1.807) is 35.7 Å². The maximum Gasteiger partial charge on any atom is 0.254 e. The van der Waals surface area contributed by atoms with Gasteiger partial charge < -0.3 is 20.1 Å². The van der Waals surface area contributed by atoms with Gasteiger partial charge in [-0.25, -0.2) is 4.98 Å². The molecule has 144 valence electrons. The third kappa shape index (κ3) is 5.48. The summed E-state index contributed by atoms with van der Waals surface area (Å²) in [5.41, 5.74) is 9.18. The fraction of sp³-hybridized carbons (Fsp3) is 0.412. The molecular formula is C17H23Cl2N3O3S. The number of nitrogens with two attached hydrogens (primary N) is 1. The Hall–Kier alpha value is -1.54. The molecule has 1 aliphatic rings. The molecule has 0 bridgehead atoms. The number of piperidine rings is 1. The summed E-state index contributed by atoms with van der Waals surface area (Å²) in [6.45, 7) is 1.72. The Balaban J connectivity index is 0.00000169. The zero-order valence-electron chi connectivity index (χ0n) is 14.4. The third-order valence-electron chi connectivity index (χ3n) is 4.01. The van der Waals surface area contributed by atoms with E-state index in [-0.39, 0.29) is 36.8 Å². The van der Waals surface area contributed by atoms with Gasteiger partial charge in [-0.3, -0.25) is 4.79 Å². The van der Waals surface area contributed by atoms with Gasteiger partial charge in [-0.1, -0.05) is 0 Å². The lowest BCUT2D eigenvalue weighted by Crippen LogP contribution is -2.45. The number of amides is 1. The number of carbonyl (C=O) groups excluding carboxylic acids is 1. The van der Waals surface area contributed by atoms with Gasteiger partial charge in [-0.2, -0.15) is 0 Å². The molecule has 0 saturated carbocycles. The zero-order chi connectivity index (χ0) is 16.9. The van der Waals surface area contributed by atoms with Crippen molar-refractivity contribution in [3.05, 3.63) is 40.3 Å². The molecule has 1 fully saturated rings. The van der Waals surface area contributed by atoms with Crippen LogP contribution in [0.3, 0.4) is 0 Å². The first-order valence-electron chi connectivity index (χ1n) is 7.90. The lowest BCUT2D eigenvalue weighted by Gasteiger charge is -2.31. The minimum Gasteiger partial charge on any atom is -0.493 e. The summed E-state index contributed by atoms with van der Waals surface area (Å²) < 4.78 is 11.1. The van der Waals surface area contributed by atoms with Gasteiger partial charge in [0.25, 0.3) is 5.91 Å². The highest BCUT2D eigenvalue weighted by Crippen LogP contribution is 2.29. The number of methoxy groups -OCH3 is 1. The predicted molar refractivity (Wildman–Crippen MR) is 107 cm³/mol. The summed E-state index contributed by atoms with van der Waals surface area (Å²) in [5.74, 6) is 1.12. The van der Waals surface area contributed by atoms with Gasteiger partial charge in [0.1, 0.15) is 6.61 Å². The molecule has 0 aliphatic carbocycles. The summed E-state index contributed by atoms with van der Waals surface area (Å²) in [4.78, 5) is 18.6. The number of thiazole rings is 1. The standard InChI is InChI=1S/C17H21N3O3S.2ClH/c1-22-16-7-12(17(21)20-6-2-3-13(18)8-20)4-5-15(16)23-9-14-10-24-11-19-14;;/h4-5,7,10-11,13H,2-3,6,8-9,18H2,1H3;2*1H. The van der Waals surface area contributed by atoms with E-state index in [1.165, 1.54) is 11.3 Å². The molecule has 1 aliphatic heterocycles. The summed E-state index contributed by atoms with van der Waals surface area (Å²) in [7, 11) is 1.57. The average molecular weight is 420 g/mol. The van der Waals surface area contributed by atoms with Crippen LogP contribution in [-0.2, 0) is 6.61 Å². The second-order valence-corrected chi connectivity index (χ2v) is 6.51. The van der Waals surface area contributed by atoms with Crippen LogP contribution in [-0.4, -0.2) is 42.0 Å². The molecule has 0 spiro atoms. The molecule has 1 unspecified atom stereocenters. The maximum absolute atomic E-state index is 12.6. The highest BCUT2D eigenvalue weighted by atomic mass is 35.5. The Bertz CT molecular complexity index is 701. The normalized spacial score (nSPS) is 16.2. The lowest BCUT2D eigenvalue weighted by atomic mass is 10.1. The van der Waals surface area contributed by atoms with Crippen LogP contribution in [0.15, 0.2) is 29.1 Å². The first-order valence-corrected chi connectivity index (χ1v) is 8.84. The molecule has 9 heteroatoms. The summed E-state index contributed by atoms with van der Waals surface area (Å²) in [6, 6.07) is 5.31. The van der Waals surface area contributed by atoms with Crippen LogP contribution in [0.2, 0.25) is 0 Å². The van der Waals surface area contributed by atoms with Crippen LogP contribution in [0.25, 0.3) is 0 Å². The van der Waals surface area contributed by atoms with Crippen molar-refractivity contribution < 1.29 is 14.3 Å². The Labute approximate surface area is 169 Å². The second kappa shape index (κ2) is 10.6. The van der Waals surface area contributed by atoms with Crippen LogP contribution in [0.4, 0.5) is 0 Å². The van der Waals surface area contributed by atoms with Crippen molar-refractivity contribution in [3.8, 4) is 11.5 Å². The molecule has 1 aromatic heterocycles. The minimum atomic E-state index is -0.0190. The van der Waals surface area contributed by atoms with Gasteiger partial charge in [0.05, 0.1) is 18.3 Å². The first-order chi connectivity index (χ1) is 11.7. The molecule has 6 nitrogen and oxygen atoms in total. The number of halogens is 2. The van der Waals surface area contributed by atoms with Gasteiger partial charge in [0.2, 0.25) is 0 Å². The molecule has 1 amide bonds. The molecule has 1 atom stereocenters. The SMILES string of the molecule is COc1cc(C(=O)N2CCCC(N)C2)ccc1OCc1cscn1.Cl.Cl. The van der Waals surface area contributed by atoms with E-state index in [9.17, 15) is 4.79 Å². The van der Waals surface area contributed by atoms with Crippen LogP contribution in [0.5, 0.6) is 11.5 Å². The van der Waals surface area contributed by atoms with Crippen LogP contribution in [0, 0.1) is 0 Å². The number of aromatic nitrogens is 1. The van der Waals surface area contributed by atoms with Gasteiger partial charge in [0, 0.05) is 30.1 Å². The molecule has 2 N–H and O–H groups in total. The number of likely N-dealkylation sites (tertiary alicyclic amines) is 1. The quantitative estimate of drug-likeness (QED) is 0.804. The number of benzene rings is 1. The van der Waals surface area contributed by atoms with E-state index in [2.05, 4.69) is 4.98 Å². The highest BCUT2D eigenvalue weighted by Gasteiger charge is 2.23. The van der Waals surface area contributed by atoms with Crippen molar-refractivity contribution in [1.82, 2.24) is 9.88 Å². The fourth-order valence-corrected chi connectivity index (χ4v) is 3.30. The Kier molecular flexibility index (Phi) is 9.15. The van der Waals surface area contributed by atoms with Crippen molar-refractivity contribution in [2.45, 2.75) is 25.5 Å². The molecule has 2 aromatic rings. The molecule has 0 radical (unpaired) electrons. The molecule has 1 saturated heterocycles. The number of hydrogen-bond donors (Lipinski definition) is 1. The number of ether oxygens (including phenoxy) is 2. The van der Waals surface area contributed by atoms with Gasteiger partial charge in [-0.05, 0) is 31.0 Å². The van der Waals surface area contributed by atoms with E-state index in [1.807, 2.05) is 5.38 Å². The number of hydrogen-bond acceptors (Lipinski definition) is 6. The maximum atomic E-state index is 12.6. The largest absolute Gasteiger partial charge is 0.493 e. The van der Waals surface area contributed by atoms with Gasteiger partial charge in [0.15, 0.2) is 11.5 Å². The number of carbonyl (C=O) groups is 1. The Morgan fingerprint density at radius 2 is 2.19 bits per heavy atom. The van der Waals surface area contributed by atoms with Crippen molar-refractivity contribution >= 4 is 42.1 Å². The molecular weight excluding hydrogens is 397 g/mol. The molecule has 1 aromatic carbocycles. The summed E-state index contributed by atoms with van der Waals surface area (Å²) in [5, 5.41) is 1.93. The third-order valence-corrected chi connectivity index (χ3v) is 4.65. The second-order valence-electron chi connectivity index (χ2n) is 5.79. The van der Waals surface area contributed by atoms with E-state index >= 15 is 0 Å². The van der Waals surface area contributed by atoms with Crippen LogP contribution >= 0.6 is 36.2 Å². The first kappa shape index (κ1) is 22.5. The lowest BCUT2D eigenvalue weighted by molar-refractivity contribution is 0.0708. The van der Waals surface area contributed by atoms with E-state index < -0.39 is 0 Å². The van der Waals surface area contributed by atoms with Gasteiger partial charge in [-0.15, -0.1) is 36.2 Å². The summed E-state index contributed by atoms with van der Waals surface area (Å²) >= 11 is 1.52. The van der Waals surface area contributed by atoms with Crippen molar-refractivity contribution in [2.24, 2.45) is 5.73 Å². The molecule has 3 rings (SSSR count). The topological polar surface area (TPSA) is 77.7 Å². The predicted octanol–water partition coefficient (Wildman–Crippen LogP) is 3.14.